The first-order valence-corrected chi connectivity index (χ1v) is 9.35. The van der Waals surface area contributed by atoms with Gasteiger partial charge in [0.25, 0.3) is 5.91 Å². The summed E-state index contributed by atoms with van der Waals surface area (Å²) in [7, 11) is 0. The molecule has 1 unspecified atom stereocenters. The van der Waals surface area contributed by atoms with Gasteiger partial charge in [0.2, 0.25) is 0 Å². The molecular weight excluding hydrogens is 330 g/mol. The molecule has 0 N–H and O–H groups in total. The molecular formula is C21H21NO4. The van der Waals surface area contributed by atoms with Crippen LogP contribution in [0.5, 0.6) is 5.75 Å². The van der Waals surface area contributed by atoms with E-state index in [0.29, 0.717) is 36.4 Å². The molecule has 134 valence electrons. The number of ether oxygens (including phenoxy) is 1. The van der Waals surface area contributed by atoms with E-state index >= 15 is 0 Å². The first-order valence-electron chi connectivity index (χ1n) is 9.35. The van der Waals surface area contributed by atoms with Crippen LogP contribution in [0.4, 0.5) is 0 Å². The molecule has 1 amide bonds. The number of furan rings is 1. The molecule has 0 radical (unpaired) electrons. The van der Waals surface area contributed by atoms with Gasteiger partial charge < -0.3 is 14.1 Å². The highest BCUT2D eigenvalue weighted by Crippen LogP contribution is 2.39. The maximum Gasteiger partial charge on any atom is 0.258 e. The Morgan fingerprint density at radius 1 is 1.12 bits per heavy atom. The molecule has 1 atom stereocenters. The summed E-state index contributed by atoms with van der Waals surface area (Å²) in [5, 5.41) is 0. The second kappa shape index (κ2) is 5.73. The van der Waals surface area contributed by atoms with Gasteiger partial charge in [-0.2, -0.15) is 0 Å². The van der Waals surface area contributed by atoms with Gasteiger partial charge in [0.05, 0.1) is 17.7 Å². The number of carbonyl (C=O) groups is 2. The van der Waals surface area contributed by atoms with E-state index in [-0.39, 0.29) is 17.3 Å². The van der Waals surface area contributed by atoms with Crippen LogP contribution in [0.3, 0.4) is 0 Å². The Hall–Kier alpha value is -2.56. The van der Waals surface area contributed by atoms with Crippen LogP contribution in [0, 0.1) is 0 Å². The van der Waals surface area contributed by atoms with Crippen molar-refractivity contribution in [1.82, 2.24) is 4.90 Å². The molecule has 1 spiro atoms. The standard InChI is InChI=1S/C21H21NO4/c23-16-5-3-7-18-19(16)15(12-25-18)20(24)22-11-10-21(13-22)9-8-14-4-1-2-6-17(14)26-21/h1-2,4,6,12H,3,5,7-11,13H2. The summed E-state index contributed by atoms with van der Waals surface area (Å²) < 4.78 is 11.8. The summed E-state index contributed by atoms with van der Waals surface area (Å²) in [4.78, 5) is 27.1. The van der Waals surface area contributed by atoms with Gasteiger partial charge in [0.1, 0.15) is 23.4 Å². The molecule has 1 saturated heterocycles. The molecule has 2 aliphatic heterocycles. The van der Waals surface area contributed by atoms with Gasteiger partial charge in [0, 0.05) is 25.8 Å². The van der Waals surface area contributed by atoms with E-state index in [2.05, 4.69) is 6.07 Å². The van der Waals surface area contributed by atoms with Crippen LogP contribution in [0.25, 0.3) is 0 Å². The van der Waals surface area contributed by atoms with Gasteiger partial charge in [-0.05, 0) is 30.9 Å². The zero-order valence-corrected chi connectivity index (χ0v) is 14.6. The number of Topliss-reactive ketones (excluding diaryl/α,β-unsaturated/α-hetero) is 1. The molecule has 1 fully saturated rings. The average Bonchev–Trinajstić information content (AvgIpc) is 3.27. The molecule has 1 aromatic carbocycles. The Kier molecular flexibility index (Phi) is 3.45. The molecule has 0 saturated carbocycles. The van der Waals surface area contributed by atoms with Crippen molar-refractivity contribution in [2.75, 3.05) is 13.1 Å². The highest BCUT2D eigenvalue weighted by atomic mass is 16.5. The van der Waals surface area contributed by atoms with Crippen molar-refractivity contribution in [3.8, 4) is 5.75 Å². The number of hydrogen-bond donors (Lipinski definition) is 0. The lowest BCUT2D eigenvalue weighted by Crippen LogP contribution is -2.43. The maximum absolute atomic E-state index is 13.1. The number of aryl methyl sites for hydroxylation is 2. The van der Waals surface area contributed by atoms with Crippen molar-refractivity contribution in [3.63, 3.8) is 0 Å². The predicted octanol–water partition coefficient (Wildman–Crippen LogP) is 3.41. The molecule has 3 heterocycles. The molecule has 0 bridgehead atoms. The van der Waals surface area contributed by atoms with Crippen molar-refractivity contribution in [2.45, 2.75) is 44.1 Å². The van der Waals surface area contributed by atoms with Gasteiger partial charge in [-0.1, -0.05) is 18.2 Å². The van der Waals surface area contributed by atoms with Crippen molar-refractivity contribution >= 4 is 11.7 Å². The molecule has 26 heavy (non-hydrogen) atoms. The predicted molar refractivity (Wildman–Crippen MR) is 94.6 cm³/mol. The third-order valence-corrected chi connectivity index (χ3v) is 5.94. The summed E-state index contributed by atoms with van der Waals surface area (Å²) in [5.41, 5.74) is 1.87. The van der Waals surface area contributed by atoms with Crippen LogP contribution in [0.1, 0.15) is 57.7 Å². The van der Waals surface area contributed by atoms with Crippen LogP contribution >= 0.6 is 0 Å². The summed E-state index contributed by atoms with van der Waals surface area (Å²) in [6.07, 6.45) is 6.20. The monoisotopic (exact) mass is 351 g/mol. The Balaban J connectivity index is 1.38. The van der Waals surface area contributed by atoms with Crippen LogP contribution < -0.4 is 4.74 Å². The van der Waals surface area contributed by atoms with Crippen LogP contribution in [0.2, 0.25) is 0 Å². The SMILES string of the molecule is O=C1CCCc2occ(C(=O)N3CCC4(CCc5ccccc5O4)C3)c21. The molecule has 5 heteroatoms. The number of fused-ring (bicyclic) bond motifs is 2. The van der Waals surface area contributed by atoms with E-state index in [1.807, 2.05) is 23.1 Å². The van der Waals surface area contributed by atoms with Crippen molar-refractivity contribution in [1.29, 1.82) is 0 Å². The second-order valence-electron chi connectivity index (χ2n) is 7.59. The normalized spacial score (nSPS) is 24.3. The third kappa shape index (κ3) is 2.37. The van der Waals surface area contributed by atoms with Crippen molar-refractivity contribution in [3.05, 3.63) is 53.0 Å². The lowest BCUT2D eigenvalue weighted by atomic mass is 9.90. The molecule has 3 aliphatic rings. The molecule has 5 rings (SSSR count). The first kappa shape index (κ1) is 15.7. The zero-order chi connectivity index (χ0) is 17.7. The topological polar surface area (TPSA) is 59.8 Å². The Morgan fingerprint density at radius 2 is 2.00 bits per heavy atom. The highest BCUT2D eigenvalue weighted by molar-refractivity contribution is 6.09. The number of hydrogen-bond acceptors (Lipinski definition) is 4. The Morgan fingerprint density at radius 3 is 2.92 bits per heavy atom. The number of para-hydroxylation sites is 1. The number of amides is 1. The Bertz CT molecular complexity index is 899. The number of ketones is 1. The third-order valence-electron chi connectivity index (χ3n) is 5.94. The minimum absolute atomic E-state index is 0.0279. The van der Waals surface area contributed by atoms with E-state index in [9.17, 15) is 9.59 Å². The van der Waals surface area contributed by atoms with Crippen molar-refractivity contribution < 1.29 is 18.7 Å². The second-order valence-corrected chi connectivity index (χ2v) is 7.59. The van der Waals surface area contributed by atoms with Crippen LogP contribution in [-0.2, 0) is 12.8 Å². The molecule has 1 aliphatic carbocycles. The van der Waals surface area contributed by atoms with E-state index in [0.717, 1.165) is 37.9 Å². The lowest BCUT2D eigenvalue weighted by molar-refractivity contribution is 0.0484. The number of benzene rings is 1. The fourth-order valence-corrected chi connectivity index (χ4v) is 4.51. The van der Waals surface area contributed by atoms with Crippen LogP contribution in [0.15, 0.2) is 34.9 Å². The van der Waals surface area contributed by atoms with Crippen LogP contribution in [-0.4, -0.2) is 35.3 Å². The zero-order valence-electron chi connectivity index (χ0n) is 14.6. The smallest absolute Gasteiger partial charge is 0.258 e. The largest absolute Gasteiger partial charge is 0.485 e. The van der Waals surface area contributed by atoms with E-state index in [1.54, 1.807) is 0 Å². The van der Waals surface area contributed by atoms with Gasteiger partial charge in [-0.15, -0.1) is 0 Å². The molecule has 5 nitrogen and oxygen atoms in total. The fraction of sp³-hybridized carbons (Fsp3) is 0.429. The maximum atomic E-state index is 13.1. The minimum atomic E-state index is -0.308. The fourth-order valence-electron chi connectivity index (χ4n) is 4.51. The van der Waals surface area contributed by atoms with Gasteiger partial charge in [-0.25, -0.2) is 0 Å². The summed E-state index contributed by atoms with van der Waals surface area (Å²) >= 11 is 0. The quantitative estimate of drug-likeness (QED) is 0.790. The van der Waals surface area contributed by atoms with E-state index < -0.39 is 0 Å². The summed E-state index contributed by atoms with van der Waals surface area (Å²) in [6, 6.07) is 8.12. The van der Waals surface area contributed by atoms with Gasteiger partial charge >= 0.3 is 0 Å². The van der Waals surface area contributed by atoms with E-state index in [1.165, 1.54) is 11.8 Å². The summed E-state index contributed by atoms with van der Waals surface area (Å²) in [6.45, 7) is 1.21. The van der Waals surface area contributed by atoms with Gasteiger partial charge in [0.15, 0.2) is 5.78 Å². The summed E-state index contributed by atoms with van der Waals surface area (Å²) in [5.74, 6) is 1.52. The number of carbonyl (C=O) groups excluding carboxylic acids is 2. The molecule has 1 aromatic heterocycles. The average molecular weight is 351 g/mol. The van der Waals surface area contributed by atoms with Crippen molar-refractivity contribution in [2.24, 2.45) is 0 Å². The van der Waals surface area contributed by atoms with E-state index in [4.69, 9.17) is 9.15 Å². The minimum Gasteiger partial charge on any atom is -0.485 e. The molecule has 2 aromatic rings. The van der Waals surface area contributed by atoms with Gasteiger partial charge in [-0.3, -0.25) is 9.59 Å². The first-order chi connectivity index (χ1) is 12.7. The number of likely N-dealkylation sites (tertiary alicyclic amines) is 1. The number of nitrogens with zero attached hydrogens (tertiary/aromatic N) is 1. The highest BCUT2D eigenvalue weighted by Gasteiger charge is 2.45. The lowest BCUT2D eigenvalue weighted by Gasteiger charge is -2.35. The number of rotatable bonds is 1. The Labute approximate surface area is 151 Å².